The Kier molecular flexibility index (Phi) is 4.32. The standard InChI is InChI=1S/C15H13BrF2O/c1-9-4-11(2-3-14(9)18)15(19)7-10-5-12(16)8-13(17)6-10/h2-6,8,15,19H,7H2,1H3. The van der Waals surface area contributed by atoms with Crippen LogP contribution in [0.3, 0.4) is 0 Å². The minimum atomic E-state index is -0.784. The van der Waals surface area contributed by atoms with Gasteiger partial charge in [-0.05, 0) is 47.9 Å². The molecule has 4 heteroatoms. The highest BCUT2D eigenvalue weighted by Crippen LogP contribution is 2.23. The quantitative estimate of drug-likeness (QED) is 0.891. The van der Waals surface area contributed by atoms with Gasteiger partial charge in [0, 0.05) is 10.9 Å². The molecule has 0 radical (unpaired) electrons. The Bertz CT molecular complexity index is 578. The predicted octanol–water partition coefficient (Wildman–Crippen LogP) is 4.31. The molecule has 0 aliphatic heterocycles. The number of hydrogen-bond donors (Lipinski definition) is 1. The molecule has 0 saturated carbocycles. The molecule has 2 aromatic rings. The largest absolute Gasteiger partial charge is 0.388 e. The maximum Gasteiger partial charge on any atom is 0.126 e. The van der Waals surface area contributed by atoms with Crippen LogP contribution in [0.15, 0.2) is 40.9 Å². The molecule has 1 unspecified atom stereocenters. The number of aliphatic hydroxyl groups excluding tert-OH is 1. The van der Waals surface area contributed by atoms with Crippen molar-refractivity contribution in [1.82, 2.24) is 0 Å². The second-order valence-corrected chi connectivity index (χ2v) is 5.42. The summed E-state index contributed by atoms with van der Waals surface area (Å²) in [7, 11) is 0. The summed E-state index contributed by atoms with van der Waals surface area (Å²) < 4.78 is 27.0. The molecule has 0 fully saturated rings. The van der Waals surface area contributed by atoms with Crippen LogP contribution in [0.1, 0.15) is 22.8 Å². The zero-order valence-electron chi connectivity index (χ0n) is 10.3. The summed E-state index contributed by atoms with van der Waals surface area (Å²) in [4.78, 5) is 0. The van der Waals surface area contributed by atoms with Crippen molar-refractivity contribution in [2.24, 2.45) is 0 Å². The van der Waals surface area contributed by atoms with Crippen LogP contribution in [0.4, 0.5) is 8.78 Å². The third-order valence-electron chi connectivity index (χ3n) is 2.92. The molecule has 0 heterocycles. The van der Waals surface area contributed by atoms with E-state index >= 15 is 0 Å². The van der Waals surface area contributed by atoms with Gasteiger partial charge in [0.2, 0.25) is 0 Å². The molecule has 2 rings (SSSR count). The van der Waals surface area contributed by atoms with Crippen LogP contribution in [-0.2, 0) is 6.42 Å². The first kappa shape index (κ1) is 14.2. The zero-order chi connectivity index (χ0) is 14.0. The maximum absolute atomic E-state index is 13.2. The fourth-order valence-corrected chi connectivity index (χ4v) is 2.46. The van der Waals surface area contributed by atoms with Crippen LogP contribution in [0, 0.1) is 18.6 Å². The number of hydrogen-bond acceptors (Lipinski definition) is 1. The number of aliphatic hydroxyl groups is 1. The Labute approximate surface area is 119 Å². The molecule has 2 aromatic carbocycles. The van der Waals surface area contributed by atoms with Gasteiger partial charge in [-0.1, -0.05) is 28.1 Å². The van der Waals surface area contributed by atoms with Crippen molar-refractivity contribution in [3.8, 4) is 0 Å². The van der Waals surface area contributed by atoms with Gasteiger partial charge < -0.3 is 5.11 Å². The second-order valence-electron chi connectivity index (χ2n) is 4.51. The summed E-state index contributed by atoms with van der Waals surface area (Å²) in [5.74, 6) is -0.656. The smallest absolute Gasteiger partial charge is 0.126 e. The van der Waals surface area contributed by atoms with E-state index in [1.807, 2.05) is 0 Å². The first-order valence-electron chi connectivity index (χ1n) is 5.85. The van der Waals surface area contributed by atoms with E-state index in [0.29, 0.717) is 21.2 Å². The average Bonchev–Trinajstić information content (AvgIpc) is 2.31. The Hall–Kier alpha value is -1.26. The molecule has 0 spiro atoms. The Morgan fingerprint density at radius 3 is 2.53 bits per heavy atom. The van der Waals surface area contributed by atoms with E-state index in [1.165, 1.54) is 18.2 Å². The molecular weight excluding hydrogens is 314 g/mol. The topological polar surface area (TPSA) is 20.2 Å². The third-order valence-corrected chi connectivity index (χ3v) is 3.38. The SMILES string of the molecule is Cc1cc(C(O)Cc2cc(F)cc(Br)c2)ccc1F. The lowest BCUT2D eigenvalue weighted by molar-refractivity contribution is 0.178. The van der Waals surface area contributed by atoms with Crippen LogP contribution < -0.4 is 0 Å². The van der Waals surface area contributed by atoms with Gasteiger partial charge >= 0.3 is 0 Å². The lowest BCUT2D eigenvalue weighted by atomic mass is 10.00. The van der Waals surface area contributed by atoms with Gasteiger partial charge in [-0.25, -0.2) is 8.78 Å². The van der Waals surface area contributed by atoms with Gasteiger partial charge in [-0.3, -0.25) is 0 Å². The third kappa shape index (κ3) is 3.61. The molecule has 0 saturated heterocycles. The number of halogens is 3. The molecule has 0 aliphatic carbocycles. The first-order valence-corrected chi connectivity index (χ1v) is 6.64. The number of aryl methyl sites for hydroxylation is 1. The van der Waals surface area contributed by atoms with Crippen LogP contribution in [0.5, 0.6) is 0 Å². The summed E-state index contributed by atoms with van der Waals surface area (Å²) in [6.07, 6.45) is -0.505. The van der Waals surface area contributed by atoms with Crippen LogP contribution >= 0.6 is 15.9 Å². The van der Waals surface area contributed by atoms with Crippen molar-refractivity contribution < 1.29 is 13.9 Å². The van der Waals surface area contributed by atoms with E-state index in [2.05, 4.69) is 15.9 Å². The molecule has 1 nitrogen and oxygen atoms in total. The molecule has 0 aliphatic rings. The van der Waals surface area contributed by atoms with Crippen molar-refractivity contribution in [1.29, 1.82) is 0 Å². The van der Waals surface area contributed by atoms with Crippen LogP contribution in [-0.4, -0.2) is 5.11 Å². The first-order chi connectivity index (χ1) is 8.95. The lowest BCUT2D eigenvalue weighted by Gasteiger charge is -2.12. The highest BCUT2D eigenvalue weighted by atomic mass is 79.9. The molecule has 19 heavy (non-hydrogen) atoms. The van der Waals surface area contributed by atoms with E-state index < -0.39 is 6.10 Å². The monoisotopic (exact) mass is 326 g/mol. The normalized spacial score (nSPS) is 12.5. The number of rotatable bonds is 3. The van der Waals surface area contributed by atoms with Crippen molar-refractivity contribution in [2.75, 3.05) is 0 Å². The van der Waals surface area contributed by atoms with E-state index in [9.17, 15) is 13.9 Å². The summed E-state index contributed by atoms with van der Waals surface area (Å²) in [5.41, 5.74) is 1.79. The lowest BCUT2D eigenvalue weighted by Crippen LogP contribution is -2.03. The average molecular weight is 327 g/mol. The summed E-state index contributed by atoms with van der Waals surface area (Å²) in [6.45, 7) is 1.64. The predicted molar refractivity (Wildman–Crippen MR) is 73.9 cm³/mol. The fourth-order valence-electron chi connectivity index (χ4n) is 1.95. The van der Waals surface area contributed by atoms with Gasteiger partial charge in [-0.2, -0.15) is 0 Å². The molecule has 1 N–H and O–H groups in total. The molecule has 1 atom stereocenters. The van der Waals surface area contributed by atoms with Crippen LogP contribution in [0.2, 0.25) is 0 Å². The van der Waals surface area contributed by atoms with Crippen molar-refractivity contribution >= 4 is 15.9 Å². The molecule has 0 amide bonds. The Balaban J connectivity index is 2.20. The van der Waals surface area contributed by atoms with Gasteiger partial charge in [-0.15, -0.1) is 0 Å². The van der Waals surface area contributed by atoms with Gasteiger partial charge in [0.1, 0.15) is 11.6 Å². The summed E-state index contributed by atoms with van der Waals surface area (Å²) in [5, 5.41) is 10.1. The summed E-state index contributed by atoms with van der Waals surface area (Å²) in [6, 6.07) is 8.97. The second kappa shape index (κ2) is 5.80. The molecular formula is C15H13BrF2O. The maximum atomic E-state index is 13.2. The van der Waals surface area contributed by atoms with Crippen molar-refractivity contribution in [3.05, 3.63) is 69.2 Å². The zero-order valence-corrected chi connectivity index (χ0v) is 11.9. The highest BCUT2D eigenvalue weighted by Gasteiger charge is 2.11. The van der Waals surface area contributed by atoms with Crippen molar-refractivity contribution in [3.63, 3.8) is 0 Å². The van der Waals surface area contributed by atoms with Gasteiger partial charge in [0.15, 0.2) is 0 Å². The molecule has 100 valence electrons. The van der Waals surface area contributed by atoms with E-state index in [0.717, 1.165) is 0 Å². The highest BCUT2D eigenvalue weighted by molar-refractivity contribution is 9.10. The summed E-state index contributed by atoms with van der Waals surface area (Å²) >= 11 is 3.21. The molecule has 0 bridgehead atoms. The Morgan fingerprint density at radius 2 is 1.89 bits per heavy atom. The van der Waals surface area contributed by atoms with Crippen LogP contribution in [0.25, 0.3) is 0 Å². The van der Waals surface area contributed by atoms with Gasteiger partial charge in [0.05, 0.1) is 6.10 Å². The minimum absolute atomic E-state index is 0.279. The Morgan fingerprint density at radius 1 is 1.16 bits per heavy atom. The minimum Gasteiger partial charge on any atom is -0.388 e. The van der Waals surface area contributed by atoms with Gasteiger partial charge in [0.25, 0.3) is 0 Å². The van der Waals surface area contributed by atoms with Crippen molar-refractivity contribution in [2.45, 2.75) is 19.4 Å². The number of benzene rings is 2. The van der Waals surface area contributed by atoms with E-state index in [1.54, 1.807) is 25.1 Å². The van der Waals surface area contributed by atoms with E-state index in [-0.39, 0.29) is 18.1 Å². The molecule has 0 aromatic heterocycles. The fraction of sp³-hybridized carbons (Fsp3) is 0.200. The van der Waals surface area contributed by atoms with E-state index in [4.69, 9.17) is 0 Å².